The second-order valence-corrected chi connectivity index (χ2v) is 7.85. The Labute approximate surface area is 135 Å². The van der Waals surface area contributed by atoms with E-state index in [1.54, 1.807) is 24.7 Å². The normalized spacial score (nSPS) is 20.2. The van der Waals surface area contributed by atoms with E-state index in [2.05, 4.69) is 25.3 Å². The molecular weight excluding hydrogens is 318 g/mol. The highest BCUT2D eigenvalue weighted by atomic mass is 32.2. The molecule has 3 rings (SSSR count). The van der Waals surface area contributed by atoms with Crippen LogP contribution in [-0.4, -0.2) is 70.2 Å². The summed E-state index contributed by atoms with van der Waals surface area (Å²) in [7, 11) is -0.286. The van der Waals surface area contributed by atoms with Crippen molar-refractivity contribution in [2.45, 2.75) is 25.3 Å². The van der Waals surface area contributed by atoms with E-state index >= 15 is 0 Å². The molecule has 1 saturated heterocycles. The van der Waals surface area contributed by atoms with E-state index < -0.39 is 10.2 Å². The first-order valence-corrected chi connectivity index (χ1v) is 8.97. The predicted octanol–water partition coefficient (Wildman–Crippen LogP) is 0.426. The lowest BCUT2D eigenvalue weighted by molar-refractivity contribution is 0.248. The van der Waals surface area contributed by atoms with Crippen LogP contribution in [0.25, 0.3) is 11.2 Å². The fraction of sp³-hybridized carbons (Fsp3) is 0.615. The Morgan fingerprint density at radius 1 is 1.35 bits per heavy atom. The number of nitrogens with one attached hydrogen (secondary N) is 2. The topological polar surface area (TPSA) is 107 Å². The third kappa shape index (κ3) is 3.14. The molecule has 1 unspecified atom stereocenters. The molecule has 1 aliphatic rings. The Kier molecular flexibility index (Phi) is 4.46. The number of hydrogen-bond donors (Lipinski definition) is 2. The summed E-state index contributed by atoms with van der Waals surface area (Å²) in [6, 6.07) is -0.0934. The third-order valence-corrected chi connectivity index (χ3v) is 6.06. The van der Waals surface area contributed by atoms with Gasteiger partial charge in [-0.15, -0.1) is 0 Å². The molecule has 2 aromatic heterocycles. The molecule has 1 fully saturated rings. The average molecular weight is 339 g/mol. The Morgan fingerprint density at radius 3 is 2.96 bits per heavy atom. The number of rotatable bonds is 5. The molecule has 2 aromatic rings. The van der Waals surface area contributed by atoms with Gasteiger partial charge in [0.05, 0.1) is 6.33 Å². The van der Waals surface area contributed by atoms with Crippen LogP contribution in [0.15, 0.2) is 12.7 Å². The lowest BCUT2D eigenvalue weighted by Gasteiger charge is -2.36. The molecule has 10 heteroatoms. The van der Waals surface area contributed by atoms with Gasteiger partial charge in [0.1, 0.15) is 11.8 Å². The largest absolute Gasteiger partial charge is 0.367 e. The summed E-state index contributed by atoms with van der Waals surface area (Å²) < 4.78 is 27.8. The molecule has 0 aromatic carbocycles. The van der Waals surface area contributed by atoms with E-state index in [1.807, 2.05) is 0 Å². The van der Waals surface area contributed by atoms with Crippen molar-refractivity contribution in [3.05, 3.63) is 12.7 Å². The number of H-pyrrole nitrogens is 1. The third-order valence-electron chi connectivity index (χ3n) is 4.06. The molecule has 0 bridgehead atoms. The zero-order valence-electron chi connectivity index (χ0n) is 13.2. The Balaban J connectivity index is 1.76. The van der Waals surface area contributed by atoms with E-state index in [9.17, 15) is 8.42 Å². The van der Waals surface area contributed by atoms with Crippen LogP contribution >= 0.6 is 0 Å². The molecule has 0 saturated carbocycles. The molecule has 9 nitrogen and oxygen atoms in total. The van der Waals surface area contributed by atoms with Crippen molar-refractivity contribution in [3.63, 3.8) is 0 Å². The predicted molar refractivity (Wildman–Crippen MR) is 87.1 cm³/mol. The fourth-order valence-corrected chi connectivity index (χ4v) is 4.14. The molecule has 2 N–H and O–H groups in total. The van der Waals surface area contributed by atoms with Gasteiger partial charge in [-0.3, -0.25) is 0 Å². The van der Waals surface area contributed by atoms with E-state index in [1.165, 1.54) is 10.6 Å². The summed E-state index contributed by atoms with van der Waals surface area (Å²) in [4.78, 5) is 15.4. The molecule has 126 valence electrons. The van der Waals surface area contributed by atoms with Gasteiger partial charge in [-0.25, -0.2) is 15.0 Å². The smallest absolute Gasteiger partial charge is 0.281 e. The highest BCUT2D eigenvalue weighted by Crippen LogP contribution is 2.23. The first kappa shape index (κ1) is 16.1. The standard InChI is InChI=1S/C13H21N7O2S/c1-19(2)23(21,22)20-6-4-3-5-10(20)7-14-12-11-13(16-8-15-11)18-9-17-12/h8-10H,3-7H2,1-2H3,(H2,14,15,16,17,18). The van der Waals surface area contributed by atoms with Crippen LogP contribution < -0.4 is 5.32 Å². The van der Waals surface area contributed by atoms with Gasteiger partial charge in [-0.1, -0.05) is 6.42 Å². The number of nitrogens with zero attached hydrogens (tertiary/aromatic N) is 5. The number of anilines is 1. The average Bonchev–Trinajstić information content (AvgIpc) is 3.02. The van der Waals surface area contributed by atoms with Crippen LogP contribution in [0.1, 0.15) is 19.3 Å². The summed E-state index contributed by atoms with van der Waals surface area (Å²) in [6.07, 6.45) is 5.75. The number of piperidine rings is 1. The van der Waals surface area contributed by atoms with Crippen LogP contribution in [0.3, 0.4) is 0 Å². The van der Waals surface area contributed by atoms with Crippen molar-refractivity contribution in [3.8, 4) is 0 Å². The highest BCUT2D eigenvalue weighted by molar-refractivity contribution is 7.86. The van der Waals surface area contributed by atoms with Crippen molar-refractivity contribution in [1.82, 2.24) is 28.5 Å². The fourth-order valence-electron chi connectivity index (χ4n) is 2.81. The summed E-state index contributed by atoms with van der Waals surface area (Å²) in [6.45, 7) is 1.05. The van der Waals surface area contributed by atoms with Crippen molar-refractivity contribution >= 4 is 27.2 Å². The van der Waals surface area contributed by atoms with E-state index in [4.69, 9.17) is 0 Å². The van der Waals surface area contributed by atoms with Crippen LogP contribution in [0.5, 0.6) is 0 Å². The Bertz CT molecular complexity index is 773. The molecule has 0 amide bonds. The SMILES string of the molecule is CN(C)S(=O)(=O)N1CCCCC1CNc1ncnc2nc[nH]c12. The lowest BCUT2D eigenvalue weighted by atomic mass is 10.1. The molecule has 1 aliphatic heterocycles. The first-order chi connectivity index (χ1) is 11.0. The number of imidazole rings is 1. The highest BCUT2D eigenvalue weighted by Gasteiger charge is 2.33. The number of fused-ring (bicyclic) bond motifs is 1. The van der Waals surface area contributed by atoms with Gasteiger partial charge in [0, 0.05) is 33.2 Å². The number of aromatic nitrogens is 4. The van der Waals surface area contributed by atoms with Crippen LogP contribution in [0.2, 0.25) is 0 Å². The second kappa shape index (κ2) is 6.38. The van der Waals surface area contributed by atoms with E-state index in [0.29, 0.717) is 24.6 Å². The number of hydrogen-bond acceptors (Lipinski definition) is 6. The van der Waals surface area contributed by atoms with Gasteiger partial charge in [0.15, 0.2) is 11.5 Å². The maximum atomic E-state index is 12.5. The van der Waals surface area contributed by atoms with Gasteiger partial charge < -0.3 is 10.3 Å². The molecule has 23 heavy (non-hydrogen) atoms. The zero-order chi connectivity index (χ0) is 16.4. The Morgan fingerprint density at radius 2 is 2.17 bits per heavy atom. The van der Waals surface area contributed by atoms with Gasteiger partial charge in [-0.05, 0) is 12.8 Å². The summed E-state index contributed by atoms with van der Waals surface area (Å²) >= 11 is 0. The second-order valence-electron chi connectivity index (χ2n) is 5.75. The van der Waals surface area contributed by atoms with E-state index in [-0.39, 0.29) is 6.04 Å². The molecular formula is C13H21N7O2S. The maximum Gasteiger partial charge on any atom is 0.281 e. The first-order valence-electron chi connectivity index (χ1n) is 7.57. The van der Waals surface area contributed by atoms with Crippen molar-refractivity contribution in [2.75, 3.05) is 32.5 Å². The summed E-state index contributed by atoms with van der Waals surface area (Å²) in [5.41, 5.74) is 1.31. The molecule has 0 radical (unpaired) electrons. The van der Waals surface area contributed by atoms with Gasteiger partial charge in [-0.2, -0.15) is 17.0 Å². The molecule has 0 aliphatic carbocycles. The van der Waals surface area contributed by atoms with Crippen molar-refractivity contribution in [1.29, 1.82) is 0 Å². The minimum absolute atomic E-state index is 0.0934. The van der Waals surface area contributed by atoms with Crippen molar-refractivity contribution in [2.24, 2.45) is 0 Å². The molecule has 1 atom stereocenters. The Hall–Kier alpha value is -1.78. The minimum Gasteiger partial charge on any atom is -0.367 e. The van der Waals surface area contributed by atoms with Gasteiger partial charge >= 0.3 is 0 Å². The van der Waals surface area contributed by atoms with Crippen LogP contribution in [0, 0.1) is 0 Å². The summed E-state index contributed by atoms with van der Waals surface area (Å²) in [5, 5.41) is 3.24. The molecule has 3 heterocycles. The minimum atomic E-state index is -3.41. The quantitative estimate of drug-likeness (QED) is 0.818. The van der Waals surface area contributed by atoms with Gasteiger partial charge in [0.25, 0.3) is 10.2 Å². The van der Waals surface area contributed by atoms with Crippen molar-refractivity contribution < 1.29 is 8.42 Å². The summed E-state index contributed by atoms with van der Waals surface area (Å²) in [5.74, 6) is 0.639. The zero-order valence-corrected chi connectivity index (χ0v) is 14.0. The molecule has 0 spiro atoms. The van der Waals surface area contributed by atoms with Gasteiger partial charge in [0.2, 0.25) is 0 Å². The monoisotopic (exact) mass is 339 g/mol. The van der Waals surface area contributed by atoms with Crippen LogP contribution in [-0.2, 0) is 10.2 Å². The lowest BCUT2D eigenvalue weighted by Crippen LogP contribution is -2.51. The maximum absolute atomic E-state index is 12.5. The van der Waals surface area contributed by atoms with E-state index in [0.717, 1.165) is 24.8 Å². The van der Waals surface area contributed by atoms with Crippen LogP contribution in [0.4, 0.5) is 5.82 Å². The number of aromatic amines is 1.